The van der Waals surface area contributed by atoms with Crippen LogP contribution in [0.1, 0.15) is 30.6 Å². The maximum absolute atomic E-state index is 11.7. The number of carboxylic acids is 1. The molecule has 1 aliphatic carbocycles. The average Bonchev–Trinajstić information content (AvgIpc) is 2.96. The molecule has 0 bridgehead atoms. The van der Waals surface area contributed by atoms with Crippen LogP contribution in [0, 0.1) is 11.8 Å². The second-order valence-electron chi connectivity index (χ2n) is 5.15. The van der Waals surface area contributed by atoms with Crippen LogP contribution in [-0.2, 0) is 9.59 Å². The topological polar surface area (TPSA) is 66.4 Å². The van der Waals surface area contributed by atoms with E-state index < -0.39 is 5.97 Å². The summed E-state index contributed by atoms with van der Waals surface area (Å²) in [6.45, 7) is 0.639. The van der Waals surface area contributed by atoms with Crippen LogP contribution in [-0.4, -0.2) is 23.5 Å². The predicted molar refractivity (Wildman–Crippen MR) is 79.4 cm³/mol. The maximum Gasteiger partial charge on any atom is 0.306 e. The number of rotatable bonds is 5. The summed E-state index contributed by atoms with van der Waals surface area (Å²) in [4.78, 5) is 23.6. The van der Waals surface area contributed by atoms with Crippen LogP contribution in [0.25, 0.3) is 6.08 Å². The van der Waals surface area contributed by atoms with Gasteiger partial charge < -0.3 is 10.4 Å². The molecule has 2 N–H and O–H groups in total. The normalized spacial score (nSPS) is 22.8. The Bertz CT molecular complexity index is 473. The molecule has 108 valence electrons. The molecular weight excluding hydrogens is 274 g/mol. The van der Waals surface area contributed by atoms with E-state index in [0.29, 0.717) is 12.5 Å². The van der Waals surface area contributed by atoms with E-state index in [1.807, 2.05) is 17.5 Å². The molecule has 0 aromatic carbocycles. The first-order chi connectivity index (χ1) is 9.65. The monoisotopic (exact) mass is 293 g/mol. The second kappa shape index (κ2) is 7.24. The molecule has 1 aromatic heterocycles. The molecule has 0 atom stereocenters. The zero-order chi connectivity index (χ0) is 14.4. The Morgan fingerprint density at radius 1 is 1.35 bits per heavy atom. The van der Waals surface area contributed by atoms with Crippen LogP contribution in [0.2, 0.25) is 0 Å². The minimum absolute atomic E-state index is 0.0845. The summed E-state index contributed by atoms with van der Waals surface area (Å²) in [5.74, 6) is -0.560. The molecule has 0 spiro atoms. The quantitative estimate of drug-likeness (QED) is 0.820. The summed E-state index contributed by atoms with van der Waals surface area (Å²) in [7, 11) is 0. The van der Waals surface area contributed by atoms with Crippen molar-refractivity contribution in [2.24, 2.45) is 11.8 Å². The smallest absolute Gasteiger partial charge is 0.306 e. The standard InChI is InChI=1S/C15H19NO3S/c17-14(8-7-13-2-1-9-20-13)16-10-11-3-5-12(6-4-11)15(18)19/h1-2,7-9,11-12H,3-6,10H2,(H,16,17)(H,18,19)/b8-7+. The number of hydrogen-bond donors (Lipinski definition) is 2. The number of amides is 1. The highest BCUT2D eigenvalue weighted by Crippen LogP contribution is 2.28. The van der Waals surface area contributed by atoms with Gasteiger partial charge in [0.25, 0.3) is 0 Å². The van der Waals surface area contributed by atoms with Gasteiger partial charge in [-0.05, 0) is 49.1 Å². The van der Waals surface area contributed by atoms with E-state index in [9.17, 15) is 9.59 Å². The first kappa shape index (κ1) is 14.8. The van der Waals surface area contributed by atoms with Crippen molar-refractivity contribution in [2.75, 3.05) is 6.54 Å². The lowest BCUT2D eigenvalue weighted by Crippen LogP contribution is -2.31. The molecule has 1 amide bonds. The van der Waals surface area contributed by atoms with E-state index in [-0.39, 0.29) is 11.8 Å². The van der Waals surface area contributed by atoms with Gasteiger partial charge in [0.2, 0.25) is 5.91 Å². The Morgan fingerprint density at radius 2 is 2.10 bits per heavy atom. The van der Waals surface area contributed by atoms with Crippen LogP contribution >= 0.6 is 11.3 Å². The number of nitrogens with one attached hydrogen (secondary N) is 1. The summed E-state index contributed by atoms with van der Waals surface area (Å²) in [5.41, 5.74) is 0. The molecule has 0 aliphatic heterocycles. The summed E-state index contributed by atoms with van der Waals surface area (Å²) in [6.07, 6.45) is 6.57. The fourth-order valence-electron chi connectivity index (χ4n) is 2.46. The van der Waals surface area contributed by atoms with Crippen molar-refractivity contribution in [3.63, 3.8) is 0 Å². The fraction of sp³-hybridized carbons (Fsp3) is 0.467. The van der Waals surface area contributed by atoms with E-state index in [1.165, 1.54) is 0 Å². The maximum atomic E-state index is 11.7. The van der Waals surface area contributed by atoms with Gasteiger partial charge in [0, 0.05) is 17.5 Å². The van der Waals surface area contributed by atoms with E-state index in [1.54, 1.807) is 23.5 Å². The Kier molecular flexibility index (Phi) is 5.35. The van der Waals surface area contributed by atoms with Crippen molar-refractivity contribution < 1.29 is 14.7 Å². The minimum Gasteiger partial charge on any atom is -0.481 e. The van der Waals surface area contributed by atoms with Gasteiger partial charge in [0.15, 0.2) is 0 Å². The Balaban J connectivity index is 1.68. The second-order valence-corrected chi connectivity index (χ2v) is 6.13. The van der Waals surface area contributed by atoms with Gasteiger partial charge >= 0.3 is 5.97 Å². The Morgan fingerprint density at radius 3 is 2.70 bits per heavy atom. The molecule has 0 saturated heterocycles. The summed E-state index contributed by atoms with van der Waals surface area (Å²) < 4.78 is 0. The van der Waals surface area contributed by atoms with Gasteiger partial charge in [-0.2, -0.15) is 0 Å². The van der Waals surface area contributed by atoms with E-state index >= 15 is 0 Å². The number of hydrogen-bond acceptors (Lipinski definition) is 3. The minimum atomic E-state index is -0.689. The molecule has 1 saturated carbocycles. The largest absolute Gasteiger partial charge is 0.481 e. The highest BCUT2D eigenvalue weighted by Gasteiger charge is 2.25. The Hall–Kier alpha value is -1.62. The fourth-order valence-corrected chi connectivity index (χ4v) is 3.08. The average molecular weight is 293 g/mol. The van der Waals surface area contributed by atoms with Crippen molar-refractivity contribution >= 4 is 29.3 Å². The molecule has 20 heavy (non-hydrogen) atoms. The zero-order valence-electron chi connectivity index (χ0n) is 11.2. The highest BCUT2D eigenvalue weighted by atomic mass is 32.1. The van der Waals surface area contributed by atoms with Crippen LogP contribution in [0.15, 0.2) is 23.6 Å². The van der Waals surface area contributed by atoms with Crippen molar-refractivity contribution in [3.05, 3.63) is 28.5 Å². The van der Waals surface area contributed by atoms with Crippen LogP contribution in [0.5, 0.6) is 0 Å². The summed E-state index contributed by atoms with van der Waals surface area (Å²) in [6, 6.07) is 3.91. The van der Waals surface area contributed by atoms with Gasteiger partial charge in [-0.3, -0.25) is 9.59 Å². The number of aliphatic carboxylic acids is 1. The van der Waals surface area contributed by atoms with E-state index in [0.717, 1.165) is 30.6 Å². The summed E-state index contributed by atoms with van der Waals surface area (Å²) in [5, 5.41) is 13.8. The number of thiophene rings is 1. The molecule has 5 heteroatoms. The first-order valence-corrected chi connectivity index (χ1v) is 7.75. The number of carboxylic acid groups (broad SMARTS) is 1. The van der Waals surface area contributed by atoms with Gasteiger partial charge in [-0.25, -0.2) is 0 Å². The van der Waals surface area contributed by atoms with Gasteiger partial charge in [0.05, 0.1) is 5.92 Å². The van der Waals surface area contributed by atoms with Gasteiger partial charge in [-0.15, -0.1) is 11.3 Å². The molecule has 1 aliphatic rings. The van der Waals surface area contributed by atoms with Gasteiger partial charge in [-0.1, -0.05) is 6.07 Å². The molecule has 0 unspecified atom stereocenters. The SMILES string of the molecule is O=C(/C=C/c1cccs1)NCC1CCC(C(=O)O)CC1. The Labute approximate surface area is 122 Å². The number of carbonyl (C=O) groups is 2. The molecule has 1 fully saturated rings. The molecule has 0 radical (unpaired) electrons. The molecule has 1 aromatic rings. The predicted octanol–water partition coefficient (Wildman–Crippen LogP) is 2.77. The van der Waals surface area contributed by atoms with Crippen LogP contribution < -0.4 is 5.32 Å². The van der Waals surface area contributed by atoms with Gasteiger partial charge in [0.1, 0.15) is 0 Å². The third-order valence-corrected chi connectivity index (χ3v) is 4.54. The van der Waals surface area contributed by atoms with E-state index in [2.05, 4.69) is 5.32 Å². The third-order valence-electron chi connectivity index (χ3n) is 3.70. The summed E-state index contributed by atoms with van der Waals surface area (Å²) >= 11 is 1.59. The van der Waals surface area contributed by atoms with Crippen molar-refractivity contribution in [1.29, 1.82) is 0 Å². The van der Waals surface area contributed by atoms with Crippen LogP contribution in [0.4, 0.5) is 0 Å². The lowest BCUT2D eigenvalue weighted by atomic mass is 9.82. The van der Waals surface area contributed by atoms with Crippen molar-refractivity contribution in [3.8, 4) is 0 Å². The van der Waals surface area contributed by atoms with E-state index in [4.69, 9.17) is 5.11 Å². The molecule has 4 nitrogen and oxygen atoms in total. The lowest BCUT2D eigenvalue weighted by molar-refractivity contribution is -0.143. The first-order valence-electron chi connectivity index (χ1n) is 6.87. The third kappa shape index (κ3) is 4.49. The number of carbonyl (C=O) groups excluding carboxylic acids is 1. The zero-order valence-corrected chi connectivity index (χ0v) is 12.1. The van der Waals surface area contributed by atoms with Crippen molar-refractivity contribution in [1.82, 2.24) is 5.32 Å². The highest BCUT2D eigenvalue weighted by molar-refractivity contribution is 7.10. The molecule has 2 rings (SSSR count). The molecular formula is C15H19NO3S. The van der Waals surface area contributed by atoms with Crippen molar-refractivity contribution in [2.45, 2.75) is 25.7 Å². The van der Waals surface area contributed by atoms with Crippen LogP contribution in [0.3, 0.4) is 0 Å². The molecule has 1 heterocycles. The lowest BCUT2D eigenvalue weighted by Gasteiger charge is -2.25.